The standard InChI is InChI=1S/C16H22N6O/c1-12-6-10-22(11-7-12)16(17)19-9-5-14-20-15(23-21-14)13-4-2-3-8-18-13/h2-4,8,12H,5-7,9-11H2,1H3,(H2,17,19). The number of guanidine groups is 1. The smallest absolute Gasteiger partial charge is 0.276 e. The molecule has 7 nitrogen and oxygen atoms in total. The minimum atomic E-state index is 0.433. The van der Waals surface area contributed by atoms with E-state index in [-0.39, 0.29) is 0 Å². The first-order valence-electron chi connectivity index (χ1n) is 8.01. The Bertz CT molecular complexity index is 646. The molecular formula is C16H22N6O. The fourth-order valence-electron chi connectivity index (χ4n) is 2.56. The summed E-state index contributed by atoms with van der Waals surface area (Å²) in [7, 11) is 0. The van der Waals surface area contributed by atoms with Crippen LogP contribution in [0.1, 0.15) is 25.6 Å². The van der Waals surface area contributed by atoms with Gasteiger partial charge in [-0.15, -0.1) is 0 Å². The second kappa shape index (κ2) is 7.21. The maximum atomic E-state index is 6.06. The van der Waals surface area contributed by atoms with E-state index in [9.17, 15) is 0 Å². The third-order valence-electron chi connectivity index (χ3n) is 4.07. The Morgan fingerprint density at radius 3 is 2.96 bits per heavy atom. The third-order valence-corrected chi connectivity index (χ3v) is 4.07. The lowest BCUT2D eigenvalue weighted by Crippen LogP contribution is -2.42. The molecule has 0 radical (unpaired) electrons. The molecule has 3 heterocycles. The number of pyridine rings is 1. The molecule has 1 aliphatic rings. The van der Waals surface area contributed by atoms with Gasteiger partial charge in [0.15, 0.2) is 11.8 Å². The van der Waals surface area contributed by atoms with Crippen LogP contribution in [0.2, 0.25) is 0 Å². The summed E-state index contributed by atoms with van der Waals surface area (Å²) < 4.78 is 5.22. The minimum Gasteiger partial charge on any atom is -0.370 e. The summed E-state index contributed by atoms with van der Waals surface area (Å²) in [6.07, 6.45) is 4.65. The van der Waals surface area contributed by atoms with Crippen LogP contribution in [0.5, 0.6) is 0 Å². The van der Waals surface area contributed by atoms with Crippen molar-refractivity contribution in [3.8, 4) is 11.6 Å². The average molecular weight is 314 g/mol. The van der Waals surface area contributed by atoms with Crippen molar-refractivity contribution in [1.82, 2.24) is 20.0 Å². The van der Waals surface area contributed by atoms with Gasteiger partial charge in [-0.25, -0.2) is 0 Å². The molecule has 1 fully saturated rings. The van der Waals surface area contributed by atoms with Crippen molar-refractivity contribution < 1.29 is 4.52 Å². The molecule has 3 rings (SSSR count). The number of piperidine rings is 1. The first kappa shape index (κ1) is 15.5. The number of nitrogens with two attached hydrogens (primary N) is 1. The largest absolute Gasteiger partial charge is 0.370 e. The Balaban J connectivity index is 1.53. The number of likely N-dealkylation sites (tertiary alicyclic amines) is 1. The Morgan fingerprint density at radius 2 is 2.22 bits per heavy atom. The Kier molecular flexibility index (Phi) is 4.85. The van der Waals surface area contributed by atoms with Crippen LogP contribution in [0.25, 0.3) is 11.6 Å². The summed E-state index contributed by atoms with van der Waals surface area (Å²) in [5.41, 5.74) is 6.73. The van der Waals surface area contributed by atoms with Crippen molar-refractivity contribution in [2.24, 2.45) is 16.6 Å². The fraction of sp³-hybridized carbons (Fsp3) is 0.500. The molecule has 0 unspecified atom stereocenters. The zero-order valence-electron chi connectivity index (χ0n) is 13.4. The number of nitrogens with zero attached hydrogens (tertiary/aromatic N) is 5. The van der Waals surface area contributed by atoms with Gasteiger partial charge in [0.25, 0.3) is 5.89 Å². The third kappa shape index (κ3) is 4.06. The van der Waals surface area contributed by atoms with Gasteiger partial charge in [-0.2, -0.15) is 4.98 Å². The monoisotopic (exact) mass is 314 g/mol. The van der Waals surface area contributed by atoms with Gasteiger partial charge in [-0.05, 0) is 30.9 Å². The van der Waals surface area contributed by atoms with Gasteiger partial charge in [0.05, 0.1) is 0 Å². The lowest BCUT2D eigenvalue weighted by Gasteiger charge is -2.30. The van der Waals surface area contributed by atoms with E-state index in [4.69, 9.17) is 10.3 Å². The topological polar surface area (TPSA) is 93.4 Å². The molecule has 7 heteroatoms. The number of aliphatic imine (C=N–C) groups is 1. The lowest BCUT2D eigenvalue weighted by atomic mass is 10.00. The zero-order chi connectivity index (χ0) is 16.1. The summed E-state index contributed by atoms with van der Waals surface area (Å²) in [4.78, 5) is 15.1. The van der Waals surface area contributed by atoms with Crippen molar-refractivity contribution in [2.45, 2.75) is 26.2 Å². The highest BCUT2D eigenvalue weighted by atomic mass is 16.5. The van der Waals surface area contributed by atoms with Gasteiger partial charge in [-0.1, -0.05) is 18.1 Å². The van der Waals surface area contributed by atoms with Gasteiger partial charge in [0.2, 0.25) is 0 Å². The average Bonchev–Trinajstić information content (AvgIpc) is 3.05. The Hall–Kier alpha value is -2.44. The molecule has 0 bridgehead atoms. The molecule has 0 aliphatic carbocycles. The van der Waals surface area contributed by atoms with Gasteiger partial charge < -0.3 is 15.2 Å². The van der Waals surface area contributed by atoms with Crippen LogP contribution in [0, 0.1) is 5.92 Å². The Morgan fingerprint density at radius 1 is 1.39 bits per heavy atom. The molecule has 0 saturated carbocycles. The molecule has 0 atom stereocenters. The van der Waals surface area contributed by atoms with E-state index in [0.29, 0.717) is 36.3 Å². The molecule has 122 valence electrons. The van der Waals surface area contributed by atoms with Crippen molar-refractivity contribution in [3.63, 3.8) is 0 Å². The van der Waals surface area contributed by atoms with Crippen LogP contribution in [0.15, 0.2) is 33.9 Å². The maximum absolute atomic E-state index is 6.06. The van der Waals surface area contributed by atoms with E-state index in [1.54, 1.807) is 6.20 Å². The van der Waals surface area contributed by atoms with E-state index in [1.807, 2.05) is 18.2 Å². The van der Waals surface area contributed by atoms with Crippen LogP contribution >= 0.6 is 0 Å². The molecule has 1 saturated heterocycles. The second-order valence-electron chi connectivity index (χ2n) is 5.89. The predicted octanol–water partition coefficient (Wildman–Crippen LogP) is 1.72. The highest BCUT2D eigenvalue weighted by Crippen LogP contribution is 2.16. The van der Waals surface area contributed by atoms with Crippen molar-refractivity contribution in [1.29, 1.82) is 0 Å². The number of aromatic nitrogens is 3. The first-order valence-corrected chi connectivity index (χ1v) is 8.01. The lowest BCUT2D eigenvalue weighted by molar-refractivity contribution is 0.277. The second-order valence-corrected chi connectivity index (χ2v) is 5.89. The Labute approximate surface area is 135 Å². The number of hydrogen-bond donors (Lipinski definition) is 1. The summed E-state index contributed by atoms with van der Waals surface area (Å²) in [6, 6.07) is 5.57. The molecule has 2 N–H and O–H groups in total. The number of hydrogen-bond acceptors (Lipinski definition) is 5. The maximum Gasteiger partial charge on any atom is 0.276 e. The first-order chi connectivity index (χ1) is 11.2. The molecular weight excluding hydrogens is 292 g/mol. The van der Waals surface area contributed by atoms with E-state index in [1.165, 1.54) is 12.8 Å². The molecule has 23 heavy (non-hydrogen) atoms. The highest BCUT2D eigenvalue weighted by Gasteiger charge is 2.17. The van der Waals surface area contributed by atoms with Gasteiger partial charge in [-0.3, -0.25) is 9.98 Å². The molecule has 0 spiro atoms. The van der Waals surface area contributed by atoms with Crippen molar-refractivity contribution in [2.75, 3.05) is 19.6 Å². The summed E-state index contributed by atoms with van der Waals surface area (Å²) >= 11 is 0. The molecule has 0 aromatic carbocycles. The summed E-state index contributed by atoms with van der Waals surface area (Å²) in [6.45, 7) is 4.81. The van der Waals surface area contributed by atoms with Gasteiger partial charge in [0, 0.05) is 32.3 Å². The molecule has 1 aliphatic heterocycles. The van der Waals surface area contributed by atoms with E-state index in [0.717, 1.165) is 19.0 Å². The molecule has 0 amide bonds. The van der Waals surface area contributed by atoms with E-state index in [2.05, 4.69) is 31.9 Å². The summed E-state index contributed by atoms with van der Waals surface area (Å²) in [5.74, 6) is 2.45. The quantitative estimate of drug-likeness (QED) is 0.682. The van der Waals surface area contributed by atoms with E-state index < -0.39 is 0 Å². The van der Waals surface area contributed by atoms with Crippen molar-refractivity contribution in [3.05, 3.63) is 30.2 Å². The fourth-order valence-corrected chi connectivity index (χ4v) is 2.56. The van der Waals surface area contributed by atoms with Crippen LogP contribution in [-0.2, 0) is 6.42 Å². The van der Waals surface area contributed by atoms with Crippen molar-refractivity contribution >= 4 is 5.96 Å². The highest BCUT2D eigenvalue weighted by molar-refractivity contribution is 5.78. The number of rotatable bonds is 4. The van der Waals surface area contributed by atoms with Crippen LogP contribution in [0.3, 0.4) is 0 Å². The van der Waals surface area contributed by atoms with Crippen LogP contribution in [0.4, 0.5) is 0 Å². The van der Waals surface area contributed by atoms with Crippen LogP contribution < -0.4 is 5.73 Å². The summed E-state index contributed by atoms with van der Waals surface area (Å²) in [5, 5.41) is 3.96. The molecule has 2 aromatic rings. The molecule has 2 aromatic heterocycles. The zero-order valence-corrected chi connectivity index (χ0v) is 13.4. The van der Waals surface area contributed by atoms with Crippen LogP contribution in [-0.4, -0.2) is 45.6 Å². The van der Waals surface area contributed by atoms with Gasteiger partial charge in [0.1, 0.15) is 5.69 Å². The minimum absolute atomic E-state index is 0.433. The SMILES string of the molecule is CC1CCN(C(N)=NCCc2noc(-c3ccccn3)n2)CC1. The van der Waals surface area contributed by atoms with E-state index >= 15 is 0 Å². The van der Waals surface area contributed by atoms with Gasteiger partial charge >= 0.3 is 0 Å². The normalized spacial score (nSPS) is 16.7. The predicted molar refractivity (Wildman–Crippen MR) is 87.7 cm³/mol.